The van der Waals surface area contributed by atoms with Crippen LogP contribution in [0.15, 0.2) is 0 Å². The highest BCUT2D eigenvalue weighted by Gasteiger charge is 2.35. The van der Waals surface area contributed by atoms with Gasteiger partial charge in [-0.15, -0.1) is 0 Å². The second kappa shape index (κ2) is 4.13. The molecule has 4 heteroatoms. The molecule has 0 amide bonds. The predicted octanol–water partition coefficient (Wildman–Crippen LogP) is 0.914. The number of likely N-dealkylation sites (tertiary alicyclic amines) is 1. The molecule has 14 heavy (non-hydrogen) atoms. The van der Waals surface area contributed by atoms with Crippen LogP contribution in [0.2, 0.25) is 0 Å². The molecule has 0 saturated carbocycles. The van der Waals surface area contributed by atoms with Crippen molar-refractivity contribution in [3.8, 4) is 0 Å². The van der Waals surface area contributed by atoms with Gasteiger partial charge in [0.1, 0.15) is 0 Å². The number of hydrogen-bond acceptors (Lipinski definition) is 3. The van der Waals surface area contributed by atoms with Crippen LogP contribution in [0.1, 0.15) is 26.2 Å². The van der Waals surface area contributed by atoms with Crippen LogP contribution < -0.4 is 5.73 Å². The third-order valence-corrected chi connectivity index (χ3v) is 3.36. The van der Waals surface area contributed by atoms with Crippen molar-refractivity contribution < 1.29 is 4.74 Å². The first kappa shape index (κ1) is 10.3. The predicted molar refractivity (Wildman–Crippen MR) is 60.3 cm³/mol. The Hall–Kier alpha value is -0.190. The van der Waals surface area contributed by atoms with Crippen molar-refractivity contribution in [1.82, 2.24) is 4.90 Å². The number of nitrogens with zero attached hydrogens (tertiary/aromatic N) is 1. The molecule has 0 aromatic carbocycles. The number of ether oxygens (including phenoxy) is 1. The van der Waals surface area contributed by atoms with E-state index in [0.717, 1.165) is 19.5 Å². The van der Waals surface area contributed by atoms with Crippen molar-refractivity contribution >= 4 is 17.2 Å². The molecule has 3 atom stereocenters. The molecule has 2 saturated heterocycles. The molecule has 2 bridgehead atoms. The number of fused-ring (bicyclic) bond motifs is 2. The Labute approximate surface area is 90.6 Å². The van der Waals surface area contributed by atoms with Crippen LogP contribution in [0.3, 0.4) is 0 Å². The van der Waals surface area contributed by atoms with Crippen LogP contribution in [0.25, 0.3) is 0 Å². The lowest BCUT2D eigenvalue weighted by Crippen LogP contribution is -2.47. The van der Waals surface area contributed by atoms with Gasteiger partial charge in [-0.25, -0.2) is 0 Å². The number of hydrogen-bond donors (Lipinski definition) is 1. The van der Waals surface area contributed by atoms with Crippen molar-refractivity contribution in [2.45, 2.75) is 44.4 Å². The standard InChI is InChI=1S/C10H18N2OS/c1-7(4-10(11)14)12-5-8-2-3-9(6-12)13-8/h7-9H,2-6H2,1H3,(H2,11,14). The van der Waals surface area contributed by atoms with Crippen LogP contribution in [0, 0.1) is 0 Å². The zero-order chi connectivity index (χ0) is 10.1. The van der Waals surface area contributed by atoms with Crippen LogP contribution in [0.5, 0.6) is 0 Å². The van der Waals surface area contributed by atoms with Gasteiger partial charge in [-0.3, -0.25) is 4.90 Å². The van der Waals surface area contributed by atoms with Gasteiger partial charge in [0.05, 0.1) is 17.2 Å². The van der Waals surface area contributed by atoms with Crippen LogP contribution in [0.4, 0.5) is 0 Å². The minimum absolute atomic E-state index is 0.461. The number of nitrogens with two attached hydrogens (primary N) is 1. The van der Waals surface area contributed by atoms with Crippen LogP contribution >= 0.6 is 12.2 Å². The van der Waals surface area contributed by atoms with Gasteiger partial charge in [0, 0.05) is 25.6 Å². The van der Waals surface area contributed by atoms with Gasteiger partial charge in [-0.1, -0.05) is 12.2 Å². The Bertz CT molecular complexity index is 222. The summed E-state index contributed by atoms with van der Waals surface area (Å²) >= 11 is 4.94. The summed E-state index contributed by atoms with van der Waals surface area (Å²) in [4.78, 5) is 3.08. The molecule has 3 nitrogen and oxygen atoms in total. The fourth-order valence-electron chi connectivity index (χ4n) is 2.43. The topological polar surface area (TPSA) is 38.5 Å². The molecule has 2 aliphatic rings. The molecule has 2 aliphatic heterocycles. The Morgan fingerprint density at radius 3 is 2.57 bits per heavy atom. The summed E-state index contributed by atoms with van der Waals surface area (Å²) < 4.78 is 5.78. The molecule has 0 radical (unpaired) electrons. The van der Waals surface area contributed by atoms with E-state index in [1.54, 1.807) is 0 Å². The first-order chi connectivity index (χ1) is 6.65. The third-order valence-electron chi connectivity index (χ3n) is 3.19. The summed E-state index contributed by atoms with van der Waals surface area (Å²) in [6.07, 6.45) is 4.20. The SMILES string of the molecule is CC(CC(N)=S)N1CC2CCC(C1)O2. The summed E-state index contributed by atoms with van der Waals surface area (Å²) in [5, 5.41) is 0. The number of rotatable bonds is 3. The highest BCUT2D eigenvalue weighted by atomic mass is 32.1. The van der Waals surface area contributed by atoms with Crippen LogP contribution in [-0.4, -0.2) is 41.2 Å². The highest BCUT2D eigenvalue weighted by Crippen LogP contribution is 2.27. The smallest absolute Gasteiger partial charge is 0.0742 e. The van der Waals surface area contributed by atoms with Crippen molar-refractivity contribution in [2.75, 3.05) is 13.1 Å². The first-order valence-electron chi connectivity index (χ1n) is 5.33. The monoisotopic (exact) mass is 214 g/mol. The fourth-order valence-corrected chi connectivity index (χ4v) is 2.67. The summed E-state index contributed by atoms with van der Waals surface area (Å²) in [5.41, 5.74) is 5.56. The molecule has 0 aromatic heterocycles. The molecular formula is C10H18N2OS. The molecule has 2 N–H and O–H groups in total. The zero-order valence-corrected chi connectivity index (χ0v) is 9.43. The largest absolute Gasteiger partial charge is 0.393 e. The van der Waals surface area contributed by atoms with E-state index in [0.29, 0.717) is 23.2 Å². The minimum Gasteiger partial charge on any atom is -0.393 e. The quantitative estimate of drug-likeness (QED) is 0.709. The Balaban J connectivity index is 1.89. The molecule has 80 valence electrons. The molecule has 3 unspecified atom stereocenters. The van der Waals surface area contributed by atoms with Crippen molar-refractivity contribution in [3.05, 3.63) is 0 Å². The van der Waals surface area contributed by atoms with Gasteiger partial charge in [0.25, 0.3) is 0 Å². The second-order valence-electron chi connectivity index (χ2n) is 4.43. The molecule has 2 rings (SSSR count). The lowest BCUT2D eigenvalue weighted by Gasteiger charge is -2.36. The summed E-state index contributed by atoms with van der Waals surface area (Å²) in [7, 11) is 0. The third kappa shape index (κ3) is 2.24. The zero-order valence-electron chi connectivity index (χ0n) is 8.61. The van der Waals surface area contributed by atoms with E-state index < -0.39 is 0 Å². The van der Waals surface area contributed by atoms with E-state index in [-0.39, 0.29) is 0 Å². The van der Waals surface area contributed by atoms with Gasteiger partial charge in [0.2, 0.25) is 0 Å². The maximum Gasteiger partial charge on any atom is 0.0742 e. The van der Waals surface area contributed by atoms with Gasteiger partial charge < -0.3 is 10.5 Å². The average molecular weight is 214 g/mol. The van der Waals surface area contributed by atoms with Gasteiger partial charge in [-0.05, 0) is 19.8 Å². The molecule has 0 aliphatic carbocycles. The normalized spacial score (nSPS) is 34.4. The highest BCUT2D eigenvalue weighted by molar-refractivity contribution is 7.80. The molecule has 0 spiro atoms. The average Bonchev–Trinajstić information content (AvgIpc) is 2.44. The van der Waals surface area contributed by atoms with E-state index in [1.165, 1.54) is 12.8 Å². The summed E-state index contributed by atoms with van der Waals surface area (Å²) in [5.74, 6) is 0. The Morgan fingerprint density at radius 1 is 1.50 bits per heavy atom. The fraction of sp³-hybridized carbons (Fsp3) is 0.900. The summed E-state index contributed by atoms with van der Waals surface area (Å²) in [6.45, 7) is 4.31. The molecule has 2 fully saturated rings. The lowest BCUT2D eigenvalue weighted by atomic mass is 10.1. The molecular weight excluding hydrogens is 196 g/mol. The van der Waals surface area contributed by atoms with E-state index in [1.807, 2.05) is 0 Å². The van der Waals surface area contributed by atoms with E-state index in [4.69, 9.17) is 22.7 Å². The van der Waals surface area contributed by atoms with Crippen molar-refractivity contribution in [2.24, 2.45) is 5.73 Å². The minimum atomic E-state index is 0.461. The van der Waals surface area contributed by atoms with Crippen molar-refractivity contribution in [1.29, 1.82) is 0 Å². The van der Waals surface area contributed by atoms with Crippen molar-refractivity contribution in [3.63, 3.8) is 0 Å². The van der Waals surface area contributed by atoms with Crippen LogP contribution in [-0.2, 0) is 4.74 Å². The second-order valence-corrected chi connectivity index (χ2v) is 4.96. The summed E-state index contributed by atoms with van der Waals surface area (Å²) in [6, 6.07) is 0.472. The van der Waals surface area contributed by atoms with E-state index >= 15 is 0 Å². The maximum absolute atomic E-state index is 5.78. The number of morpholine rings is 1. The Kier molecular flexibility index (Phi) is 3.04. The lowest BCUT2D eigenvalue weighted by molar-refractivity contribution is -0.0494. The molecule has 2 heterocycles. The van der Waals surface area contributed by atoms with E-state index in [2.05, 4.69) is 11.8 Å². The molecule has 0 aromatic rings. The van der Waals surface area contributed by atoms with Gasteiger partial charge >= 0.3 is 0 Å². The van der Waals surface area contributed by atoms with Gasteiger partial charge in [-0.2, -0.15) is 0 Å². The van der Waals surface area contributed by atoms with E-state index in [9.17, 15) is 0 Å². The maximum atomic E-state index is 5.78. The Morgan fingerprint density at radius 2 is 2.07 bits per heavy atom. The number of thiocarbonyl (C=S) groups is 1. The first-order valence-corrected chi connectivity index (χ1v) is 5.74. The van der Waals surface area contributed by atoms with Gasteiger partial charge in [0.15, 0.2) is 0 Å².